The van der Waals surface area contributed by atoms with Crippen LogP contribution in [0.5, 0.6) is 5.75 Å². The van der Waals surface area contributed by atoms with Crippen LogP contribution in [0.1, 0.15) is 21.5 Å². The molecule has 10 heteroatoms. The monoisotopic (exact) mass is 561 g/mol. The van der Waals surface area contributed by atoms with E-state index < -0.39 is 10.0 Å². The Morgan fingerprint density at radius 1 is 0.946 bits per heavy atom. The maximum Gasteiger partial charge on any atom is 0.253 e. The van der Waals surface area contributed by atoms with Crippen LogP contribution in [0.25, 0.3) is 0 Å². The predicted molar refractivity (Wildman–Crippen MR) is 147 cm³/mol. The zero-order valence-corrected chi connectivity index (χ0v) is 23.3. The van der Waals surface area contributed by atoms with Crippen molar-refractivity contribution < 1.29 is 17.9 Å². The topological polar surface area (TPSA) is 70.2 Å². The lowest BCUT2D eigenvalue weighted by atomic mass is 10.1. The number of sulfonamides is 1. The highest BCUT2D eigenvalue weighted by Crippen LogP contribution is 2.28. The van der Waals surface area contributed by atoms with E-state index in [4.69, 9.17) is 27.9 Å². The van der Waals surface area contributed by atoms with Crippen LogP contribution >= 0.6 is 23.2 Å². The van der Waals surface area contributed by atoms with Crippen molar-refractivity contribution in [3.63, 3.8) is 0 Å². The van der Waals surface area contributed by atoms with Crippen molar-refractivity contribution in [1.29, 1.82) is 0 Å². The van der Waals surface area contributed by atoms with Crippen molar-refractivity contribution in [3.8, 4) is 5.75 Å². The molecule has 196 valence electrons. The number of hydrogen-bond acceptors (Lipinski definition) is 5. The molecule has 1 aliphatic heterocycles. The van der Waals surface area contributed by atoms with Gasteiger partial charge in [-0.1, -0.05) is 29.3 Å². The maximum atomic E-state index is 13.4. The van der Waals surface area contributed by atoms with E-state index in [-0.39, 0.29) is 17.3 Å². The van der Waals surface area contributed by atoms with Crippen LogP contribution in [0.4, 0.5) is 5.69 Å². The van der Waals surface area contributed by atoms with Crippen LogP contribution in [0.2, 0.25) is 10.0 Å². The summed E-state index contributed by atoms with van der Waals surface area (Å²) in [6.07, 6.45) is 0. The number of aryl methyl sites for hydroxylation is 1. The number of carbonyl (C=O) groups excluding carboxylic acids is 1. The molecule has 0 spiro atoms. The van der Waals surface area contributed by atoms with E-state index in [0.29, 0.717) is 53.1 Å². The first-order chi connectivity index (χ1) is 17.6. The fourth-order valence-corrected chi connectivity index (χ4v) is 5.84. The molecule has 0 aliphatic carbocycles. The largest absolute Gasteiger partial charge is 0.496 e. The van der Waals surface area contributed by atoms with Gasteiger partial charge in [-0.15, -0.1) is 0 Å². The van der Waals surface area contributed by atoms with Crippen molar-refractivity contribution in [3.05, 3.63) is 87.4 Å². The van der Waals surface area contributed by atoms with Crippen molar-refractivity contribution in [2.24, 2.45) is 0 Å². The number of hydrogen-bond donors (Lipinski definition) is 0. The molecule has 7 nitrogen and oxygen atoms in total. The average Bonchev–Trinajstić information content (AvgIpc) is 2.90. The van der Waals surface area contributed by atoms with E-state index in [1.54, 1.807) is 18.2 Å². The van der Waals surface area contributed by atoms with Gasteiger partial charge in [-0.25, -0.2) is 8.42 Å². The molecule has 37 heavy (non-hydrogen) atoms. The SMILES string of the molecule is COc1ccc(C(=O)N2CCN(c3cc(Cl)ccc3C)CC2)cc1CN(C)S(=O)(=O)c1ccc(Cl)cc1. The summed E-state index contributed by atoms with van der Waals surface area (Å²) in [5.74, 6) is 0.408. The van der Waals surface area contributed by atoms with E-state index in [2.05, 4.69) is 4.90 Å². The number of anilines is 1. The van der Waals surface area contributed by atoms with E-state index >= 15 is 0 Å². The van der Waals surface area contributed by atoms with Crippen LogP contribution in [0.3, 0.4) is 0 Å². The summed E-state index contributed by atoms with van der Waals surface area (Å²) in [4.78, 5) is 17.5. The van der Waals surface area contributed by atoms with Gasteiger partial charge in [-0.2, -0.15) is 4.31 Å². The second kappa shape index (κ2) is 11.3. The van der Waals surface area contributed by atoms with Gasteiger partial charge < -0.3 is 14.5 Å². The van der Waals surface area contributed by atoms with Gasteiger partial charge in [0.05, 0.1) is 12.0 Å². The van der Waals surface area contributed by atoms with Gasteiger partial charge in [0.25, 0.3) is 5.91 Å². The van der Waals surface area contributed by atoms with Crippen molar-refractivity contribution in [1.82, 2.24) is 9.21 Å². The maximum absolute atomic E-state index is 13.4. The number of carbonyl (C=O) groups is 1. The lowest BCUT2D eigenvalue weighted by molar-refractivity contribution is 0.0746. The molecule has 4 rings (SSSR count). The zero-order valence-electron chi connectivity index (χ0n) is 20.9. The lowest BCUT2D eigenvalue weighted by Crippen LogP contribution is -2.49. The van der Waals surface area contributed by atoms with Crippen LogP contribution in [0, 0.1) is 6.92 Å². The van der Waals surface area contributed by atoms with Crippen LogP contribution in [-0.4, -0.2) is 63.9 Å². The number of piperazine rings is 1. The van der Waals surface area contributed by atoms with Crippen LogP contribution in [-0.2, 0) is 16.6 Å². The Balaban J connectivity index is 1.49. The van der Waals surface area contributed by atoms with Crippen molar-refractivity contribution in [2.45, 2.75) is 18.4 Å². The van der Waals surface area contributed by atoms with Gasteiger partial charge in [0.1, 0.15) is 5.75 Å². The Kier molecular flexibility index (Phi) is 8.33. The molecule has 0 radical (unpaired) electrons. The molecule has 1 heterocycles. The van der Waals surface area contributed by atoms with E-state index in [1.807, 2.05) is 30.0 Å². The van der Waals surface area contributed by atoms with Crippen molar-refractivity contribution >= 4 is 44.8 Å². The molecule has 0 unspecified atom stereocenters. The van der Waals surface area contributed by atoms with E-state index in [0.717, 1.165) is 11.3 Å². The summed E-state index contributed by atoms with van der Waals surface area (Å²) in [7, 11) is -0.749. The molecule has 3 aromatic carbocycles. The number of halogens is 2. The van der Waals surface area contributed by atoms with Gasteiger partial charge in [0.2, 0.25) is 10.0 Å². The minimum atomic E-state index is -3.76. The first-order valence-corrected chi connectivity index (χ1v) is 14.0. The Morgan fingerprint density at radius 3 is 2.24 bits per heavy atom. The molecule has 0 N–H and O–H groups in total. The number of nitrogens with zero attached hydrogens (tertiary/aromatic N) is 3. The highest BCUT2D eigenvalue weighted by atomic mass is 35.5. The Hall–Kier alpha value is -2.78. The summed E-state index contributed by atoms with van der Waals surface area (Å²) >= 11 is 12.1. The Morgan fingerprint density at radius 2 is 1.59 bits per heavy atom. The molecule has 0 aromatic heterocycles. The smallest absolute Gasteiger partial charge is 0.253 e. The molecular formula is C27H29Cl2N3O4S. The lowest BCUT2D eigenvalue weighted by Gasteiger charge is -2.37. The van der Waals surface area contributed by atoms with Crippen LogP contribution < -0.4 is 9.64 Å². The van der Waals surface area contributed by atoms with Gasteiger partial charge >= 0.3 is 0 Å². The fourth-order valence-electron chi connectivity index (χ4n) is 4.40. The van der Waals surface area contributed by atoms with E-state index in [1.165, 1.54) is 42.7 Å². The summed E-state index contributed by atoms with van der Waals surface area (Å²) < 4.78 is 32.8. The standard InChI is InChI=1S/C27H29Cl2N3O4S/c1-19-4-6-23(29)17-25(19)31-12-14-32(15-13-31)27(33)20-5-11-26(36-3)21(16-20)18-30(2)37(34,35)24-9-7-22(28)8-10-24/h4-11,16-17H,12-15,18H2,1-3H3. The third-order valence-electron chi connectivity index (χ3n) is 6.52. The van der Waals surface area contributed by atoms with Gasteiger partial charge in [0, 0.05) is 66.6 Å². The molecule has 1 amide bonds. The number of rotatable bonds is 7. The second-order valence-corrected chi connectivity index (χ2v) is 11.9. The summed E-state index contributed by atoms with van der Waals surface area (Å²) in [5, 5.41) is 1.14. The average molecular weight is 563 g/mol. The quantitative estimate of drug-likeness (QED) is 0.401. The van der Waals surface area contributed by atoms with Gasteiger partial charge in [0.15, 0.2) is 0 Å². The molecule has 0 bridgehead atoms. The number of benzene rings is 3. The summed E-state index contributed by atoms with van der Waals surface area (Å²) in [5.41, 5.74) is 3.31. The summed E-state index contributed by atoms with van der Waals surface area (Å²) in [6.45, 7) is 4.60. The molecule has 1 aliphatic rings. The van der Waals surface area contributed by atoms with Gasteiger partial charge in [-0.3, -0.25) is 4.79 Å². The molecule has 0 saturated carbocycles. The second-order valence-electron chi connectivity index (χ2n) is 8.95. The van der Waals surface area contributed by atoms with E-state index in [9.17, 15) is 13.2 Å². The number of methoxy groups -OCH3 is 1. The number of amides is 1. The van der Waals surface area contributed by atoms with Crippen LogP contribution in [0.15, 0.2) is 65.6 Å². The first kappa shape index (κ1) is 27.3. The van der Waals surface area contributed by atoms with Gasteiger partial charge in [-0.05, 0) is 67.1 Å². The minimum Gasteiger partial charge on any atom is -0.496 e. The highest BCUT2D eigenvalue weighted by Gasteiger charge is 2.26. The highest BCUT2D eigenvalue weighted by molar-refractivity contribution is 7.89. The predicted octanol–water partition coefficient (Wildman–Crippen LogP) is 5.09. The molecule has 3 aromatic rings. The minimum absolute atomic E-state index is 0.0388. The summed E-state index contributed by atoms with van der Waals surface area (Å²) in [6, 6.07) is 17.0. The fraction of sp³-hybridized carbons (Fsp3) is 0.296. The molecule has 1 saturated heterocycles. The molecule has 1 fully saturated rings. The molecule has 0 atom stereocenters. The normalized spacial score (nSPS) is 14.2. The zero-order chi connectivity index (χ0) is 26.7. The molecular weight excluding hydrogens is 533 g/mol. The first-order valence-electron chi connectivity index (χ1n) is 11.8. The Labute approximate surface area is 228 Å². The Bertz CT molecular complexity index is 1390. The van der Waals surface area contributed by atoms with Crippen molar-refractivity contribution in [2.75, 3.05) is 45.2 Å². The number of ether oxygens (including phenoxy) is 1. The third-order valence-corrected chi connectivity index (χ3v) is 8.83. The third kappa shape index (κ3) is 6.04.